The maximum atomic E-state index is 14.0. The summed E-state index contributed by atoms with van der Waals surface area (Å²) in [6, 6.07) is 9.53. The van der Waals surface area contributed by atoms with Crippen molar-refractivity contribution in [2.24, 2.45) is 0 Å². The summed E-state index contributed by atoms with van der Waals surface area (Å²) < 4.78 is 47.6. The molecule has 0 N–H and O–H groups in total. The lowest BCUT2D eigenvalue weighted by molar-refractivity contribution is 0.112. The Bertz CT molecular complexity index is 1060. The highest BCUT2D eigenvalue weighted by molar-refractivity contribution is 5.77. The molecule has 0 amide bonds. The van der Waals surface area contributed by atoms with Crippen LogP contribution >= 0.6 is 0 Å². The van der Waals surface area contributed by atoms with E-state index in [0.717, 1.165) is 28.8 Å². The van der Waals surface area contributed by atoms with Crippen LogP contribution in [0.3, 0.4) is 0 Å². The maximum Gasteiger partial charge on any atom is 0.259 e. The molecule has 0 aliphatic rings. The summed E-state index contributed by atoms with van der Waals surface area (Å²) in [6.45, 7) is 1.43. The Labute approximate surface area is 152 Å². The molecule has 138 valence electrons. The van der Waals surface area contributed by atoms with E-state index in [4.69, 9.17) is 4.74 Å². The Morgan fingerprint density at radius 2 is 1.74 bits per heavy atom. The van der Waals surface area contributed by atoms with E-state index in [-0.39, 0.29) is 23.6 Å². The van der Waals surface area contributed by atoms with Gasteiger partial charge in [-0.3, -0.25) is 14.2 Å². The molecule has 0 unspecified atom stereocenters. The Morgan fingerprint density at radius 1 is 1.04 bits per heavy atom. The minimum Gasteiger partial charge on any atom is -0.489 e. The number of hydrogen-bond donors (Lipinski definition) is 0. The van der Waals surface area contributed by atoms with Crippen molar-refractivity contribution in [2.75, 3.05) is 0 Å². The number of hydrogen-bond acceptors (Lipinski definition) is 3. The predicted octanol–water partition coefficient (Wildman–Crippen LogP) is 3.95. The molecule has 7 heteroatoms. The number of benzene rings is 2. The van der Waals surface area contributed by atoms with E-state index in [1.54, 1.807) is 0 Å². The molecule has 0 radical (unpaired) electrons. The van der Waals surface area contributed by atoms with Crippen molar-refractivity contribution in [1.82, 2.24) is 4.57 Å². The van der Waals surface area contributed by atoms with Gasteiger partial charge in [-0.05, 0) is 36.8 Å². The van der Waals surface area contributed by atoms with Gasteiger partial charge in [-0.15, -0.1) is 0 Å². The fourth-order valence-corrected chi connectivity index (χ4v) is 2.71. The van der Waals surface area contributed by atoms with Crippen molar-refractivity contribution < 1.29 is 22.7 Å². The minimum absolute atomic E-state index is 0.0781. The number of carbonyl (C=O) groups excluding carboxylic acids is 1. The third kappa shape index (κ3) is 3.76. The molecule has 0 atom stereocenters. The summed E-state index contributed by atoms with van der Waals surface area (Å²) in [5.41, 5.74) is -0.310. The van der Waals surface area contributed by atoms with Crippen LogP contribution in [0.15, 0.2) is 53.3 Å². The van der Waals surface area contributed by atoms with Crippen molar-refractivity contribution in [3.63, 3.8) is 0 Å². The quantitative estimate of drug-likeness (QED) is 0.636. The van der Waals surface area contributed by atoms with Gasteiger partial charge >= 0.3 is 0 Å². The first-order chi connectivity index (χ1) is 12.9. The smallest absolute Gasteiger partial charge is 0.259 e. The van der Waals surface area contributed by atoms with Crippen LogP contribution in [0.25, 0.3) is 5.69 Å². The Morgan fingerprint density at radius 3 is 2.37 bits per heavy atom. The molecule has 2 aromatic carbocycles. The predicted molar refractivity (Wildman–Crippen MR) is 92.8 cm³/mol. The fraction of sp³-hybridized carbons (Fsp3) is 0.100. The van der Waals surface area contributed by atoms with Crippen molar-refractivity contribution in [1.29, 1.82) is 0 Å². The second kappa shape index (κ2) is 7.49. The van der Waals surface area contributed by atoms with Crippen LogP contribution in [-0.2, 0) is 6.61 Å². The lowest BCUT2D eigenvalue weighted by atomic mass is 10.1. The Kier molecular flexibility index (Phi) is 5.12. The minimum atomic E-state index is -0.865. The lowest BCUT2D eigenvalue weighted by Crippen LogP contribution is -2.22. The van der Waals surface area contributed by atoms with Crippen molar-refractivity contribution >= 4 is 6.29 Å². The molecule has 0 spiro atoms. The highest BCUT2D eigenvalue weighted by Gasteiger charge is 2.15. The molecule has 0 bridgehead atoms. The topological polar surface area (TPSA) is 48.3 Å². The SMILES string of the molecule is Cc1cc(OCc2ccc(F)cc2C=O)cc(=O)n1-c1c(F)cccc1F. The highest BCUT2D eigenvalue weighted by Crippen LogP contribution is 2.21. The lowest BCUT2D eigenvalue weighted by Gasteiger charge is -2.14. The molecule has 0 fully saturated rings. The Balaban J connectivity index is 1.92. The molecule has 0 saturated heterocycles. The van der Waals surface area contributed by atoms with Gasteiger partial charge in [0, 0.05) is 23.4 Å². The molecular formula is C20H14F3NO3. The van der Waals surface area contributed by atoms with Gasteiger partial charge < -0.3 is 4.74 Å². The van der Waals surface area contributed by atoms with Gasteiger partial charge in [0.2, 0.25) is 0 Å². The van der Waals surface area contributed by atoms with Crippen LogP contribution in [0, 0.1) is 24.4 Å². The number of halogens is 3. The van der Waals surface area contributed by atoms with Crippen LogP contribution in [0.4, 0.5) is 13.2 Å². The van der Waals surface area contributed by atoms with Gasteiger partial charge in [-0.2, -0.15) is 0 Å². The Hall–Kier alpha value is -3.35. The first-order valence-corrected chi connectivity index (χ1v) is 7.95. The van der Waals surface area contributed by atoms with E-state index in [0.29, 0.717) is 11.8 Å². The zero-order valence-corrected chi connectivity index (χ0v) is 14.2. The third-order valence-corrected chi connectivity index (χ3v) is 3.98. The molecule has 0 aliphatic carbocycles. The summed E-state index contributed by atoms with van der Waals surface area (Å²) >= 11 is 0. The number of para-hydroxylation sites is 1. The number of nitrogens with zero attached hydrogens (tertiary/aromatic N) is 1. The van der Waals surface area contributed by atoms with Crippen LogP contribution in [0.5, 0.6) is 5.75 Å². The standard InChI is InChI=1S/C20H14F3NO3/c1-12-7-16(27-11-13-5-6-15(21)8-14(13)10-25)9-19(26)24(12)20-17(22)3-2-4-18(20)23/h2-10H,11H2,1H3. The number of rotatable bonds is 5. The largest absolute Gasteiger partial charge is 0.489 e. The molecule has 3 rings (SSSR count). The first-order valence-electron chi connectivity index (χ1n) is 7.95. The number of aryl methyl sites for hydroxylation is 1. The van der Waals surface area contributed by atoms with Crippen molar-refractivity contribution in [3.8, 4) is 11.4 Å². The van der Waals surface area contributed by atoms with E-state index in [1.165, 1.54) is 31.2 Å². The maximum absolute atomic E-state index is 14.0. The number of pyridine rings is 1. The van der Waals surface area contributed by atoms with Crippen molar-refractivity contribution in [2.45, 2.75) is 13.5 Å². The summed E-state index contributed by atoms with van der Waals surface area (Å²) in [5, 5.41) is 0. The van der Waals surface area contributed by atoms with Crippen LogP contribution < -0.4 is 10.3 Å². The molecule has 1 heterocycles. The number of aldehydes is 1. The van der Waals surface area contributed by atoms with Gasteiger partial charge in [-0.25, -0.2) is 13.2 Å². The van der Waals surface area contributed by atoms with Crippen LogP contribution in [0.1, 0.15) is 21.6 Å². The van der Waals surface area contributed by atoms with Crippen LogP contribution in [0.2, 0.25) is 0 Å². The van der Waals surface area contributed by atoms with Crippen molar-refractivity contribution in [3.05, 3.63) is 93.2 Å². The number of ether oxygens (including phenoxy) is 1. The van der Waals surface area contributed by atoms with E-state index < -0.39 is 28.7 Å². The van der Waals surface area contributed by atoms with E-state index in [2.05, 4.69) is 0 Å². The van der Waals surface area contributed by atoms with Gasteiger partial charge in [0.1, 0.15) is 35.5 Å². The summed E-state index contributed by atoms with van der Waals surface area (Å²) in [6.07, 6.45) is 0.506. The molecular weight excluding hydrogens is 359 g/mol. The van der Waals surface area contributed by atoms with Crippen LogP contribution in [-0.4, -0.2) is 10.9 Å². The van der Waals surface area contributed by atoms with E-state index in [9.17, 15) is 22.8 Å². The molecule has 4 nitrogen and oxygen atoms in total. The first kappa shape index (κ1) is 18.4. The zero-order valence-electron chi connectivity index (χ0n) is 14.2. The van der Waals surface area contributed by atoms with E-state index in [1.807, 2.05) is 0 Å². The summed E-state index contributed by atoms with van der Waals surface area (Å²) in [7, 11) is 0. The van der Waals surface area contributed by atoms with Gasteiger partial charge in [-0.1, -0.05) is 12.1 Å². The third-order valence-electron chi connectivity index (χ3n) is 3.98. The molecule has 3 aromatic rings. The molecule has 0 saturated carbocycles. The average molecular weight is 373 g/mol. The number of aromatic nitrogens is 1. The highest BCUT2D eigenvalue weighted by atomic mass is 19.1. The second-order valence-corrected chi connectivity index (χ2v) is 5.83. The summed E-state index contributed by atoms with van der Waals surface area (Å²) in [4.78, 5) is 23.4. The van der Waals surface area contributed by atoms with Gasteiger partial charge in [0.05, 0.1) is 0 Å². The van der Waals surface area contributed by atoms with E-state index >= 15 is 0 Å². The second-order valence-electron chi connectivity index (χ2n) is 5.83. The van der Waals surface area contributed by atoms with Gasteiger partial charge in [0.15, 0.2) is 6.29 Å². The monoisotopic (exact) mass is 373 g/mol. The molecule has 27 heavy (non-hydrogen) atoms. The fourth-order valence-electron chi connectivity index (χ4n) is 2.71. The molecule has 1 aromatic heterocycles. The van der Waals surface area contributed by atoms with Gasteiger partial charge in [0.25, 0.3) is 5.56 Å². The average Bonchev–Trinajstić information content (AvgIpc) is 2.62. The normalized spacial score (nSPS) is 10.7. The zero-order chi connectivity index (χ0) is 19.6. The number of carbonyl (C=O) groups is 1. The summed E-state index contributed by atoms with van der Waals surface area (Å²) in [5.74, 6) is -2.12. The molecule has 0 aliphatic heterocycles.